The van der Waals surface area contributed by atoms with Gasteiger partial charge in [-0.3, -0.25) is 37.3 Å². The van der Waals surface area contributed by atoms with Gasteiger partial charge in [0.2, 0.25) is 0 Å². The predicted octanol–water partition coefficient (Wildman–Crippen LogP) is 29.0. The summed E-state index contributed by atoms with van der Waals surface area (Å²) in [6.45, 7) is 9.78. The van der Waals surface area contributed by atoms with E-state index in [2.05, 4.69) is 41.5 Å². The van der Waals surface area contributed by atoms with Crippen molar-refractivity contribution in [1.29, 1.82) is 0 Å². The Hall–Kier alpha value is -1.94. The minimum Gasteiger partial charge on any atom is -0.462 e. The fourth-order valence-electron chi connectivity index (χ4n) is 14.7. The number of aliphatic hydroxyl groups is 1. The van der Waals surface area contributed by atoms with E-state index in [9.17, 15) is 43.2 Å². The Bertz CT molecular complexity index is 2130. The average molecular weight is 1630 g/mol. The van der Waals surface area contributed by atoms with E-state index >= 15 is 0 Å². The summed E-state index contributed by atoms with van der Waals surface area (Å²) in [5, 5.41) is 10.7. The maximum atomic E-state index is 13.2. The van der Waals surface area contributed by atoms with Gasteiger partial charge in [0, 0.05) is 25.7 Å². The van der Waals surface area contributed by atoms with E-state index in [0.717, 1.165) is 102 Å². The van der Waals surface area contributed by atoms with E-state index in [0.29, 0.717) is 25.7 Å². The van der Waals surface area contributed by atoms with Gasteiger partial charge in [0.25, 0.3) is 0 Å². The molecule has 0 fully saturated rings. The van der Waals surface area contributed by atoms with Gasteiger partial charge in [-0.1, -0.05) is 452 Å². The van der Waals surface area contributed by atoms with Crippen molar-refractivity contribution in [2.45, 2.75) is 522 Å². The normalized spacial score (nSPS) is 13.7. The highest BCUT2D eigenvalue weighted by Crippen LogP contribution is 2.45. The van der Waals surface area contributed by atoms with Gasteiger partial charge in [0.05, 0.1) is 26.4 Å². The molecule has 0 aliphatic heterocycles. The lowest BCUT2D eigenvalue weighted by Gasteiger charge is -2.21. The lowest BCUT2D eigenvalue weighted by molar-refractivity contribution is -0.161. The SMILES string of the molecule is CCCCCCCCCCCCCCCCCCCCCCCC(=O)OC[C@H](COP(=O)(O)OC[C@@H](O)COP(=O)(O)OC[C@@H](COC(=O)CCCCCCCCCCCCCC)OC(=O)CCCCCCCCCCCCCCCCCC(C)C)OC(=O)CCCCCCCCCCCCCCCCCCCCC(C)C. The molecule has 0 aromatic rings. The molecule has 0 aliphatic rings. The van der Waals surface area contributed by atoms with Crippen molar-refractivity contribution in [2.75, 3.05) is 39.6 Å². The zero-order valence-corrected chi connectivity index (χ0v) is 75.8. The molecule has 0 aromatic carbocycles. The van der Waals surface area contributed by atoms with Gasteiger partial charge in [-0.25, -0.2) is 9.13 Å². The number of esters is 4. The monoisotopic (exact) mass is 1630 g/mol. The Balaban J connectivity index is 5.24. The van der Waals surface area contributed by atoms with Gasteiger partial charge >= 0.3 is 39.5 Å². The molecular formula is C93H182O17P2. The number of phosphoric acid groups is 2. The van der Waals surface area contributed by atoms with Crippen LogP contribution in [0.3, 0.4) is 0 Å². The molecule has 112 heavy (non-hydrogen) atoms. The van der Waals surface area contributed by atoms with Gasteiger partial charge in [-0.15, -0.1) is 0 Å². The van der Waals surface area contributed by atoms with Gasteiger partial charge < -0.3 is 33.8 Å². The lowest BCUT2D eigenvalue weighted by atomic mass is 10.0. The third kappa shape index (κ3) is 85.9. The highest BCUT2D eigenvalue weighted by Gasteiger charge is 2.31. The number of aliphatic hydroxyl groups excluding tert-OH is 1. The number of hydrogen-bond acceptors (Lipinski definition) is 15. The number of hydrogen-bond donors (Lipinski definition) is 3. The Morgan fingerprint density at radius 2 is 0.411 bits per heavy atom. The van der Waals surface area contributed by atoms with Gasteiger partial charge in [0.15, 0.2) is 12.2 Å². The van der Waals surface area contributed by atoms with Crippen molar-refractivity contribution in [2.24, 2.45) is 11.8 Å². The second kappa shape index (κ2) is 84.1. The van der Waals surface area contributed by atoms with Crippen molar-refractivity contribution in [3.05, 3.63) is 0 Å². The van der Waals surface area contributed by atoms with Gasteiger partial charge in [-0.2, -0.15) is 0 Å². The molecule has 0 aliphatic carbocycles. The molecule has 0 rings (SSSR count). The summed E-state index contributed by atoms with van der Waals surface area (Å²) >= 11 is 0. The van der Waals surface area contributed by atoms with E-state index in [1.165, 1.54) is 321 Å². The molecule has 3 N–H and O–H groups in total. The van der Waals surface area contributed by atoms with Gasteiger partial charge in [0.1, 0.15) is 19.3 Å². The summed E-state index contributed by atoms with van der Waals surface area (Å²) < 4.78 is 69.1. The molecule has 0 heterocycles. The second-order valence-corrected chi connectivity index (χ2v) is 37.3. The molecule has 19 heteroatoms. The van der Waals surface area contributed by atoms with Crippen molar-refractivity contribution in [3.63, 3.8) is 0 Å². The Morgan fingerprint density at radius 3 is 0.607 bits per heavy atom. The van der Waals surface area contributed by atoms with Crippen molar-refractivity contribution in [3.8, 4) is 0 Å². The van der Waals surface area contributed by atoms with Crippen LogP contribution in [0, 0.1) is 11.8 Å². The van der Waals surface area contributed by atoms with Crippen LogP contribution >= 0.6 is 15.6 Å². The number of phosphoric ester groups is 2. The summed E-state index contributed by atoms with van der Waals surface area (Å²) in [5.41, 5.74) is 0. The van der Waals surface area contributed by atoms with Crippen LogP contribution in [-0.4, -0.2) is 96.7 Å². The van der Waals surface area contributed by atoms with Crippen LogP contribution in [0.1, 0.15) is 504 Å². The third-order valence-electron chi connectivity index (χ3n) is 22.0. The first-order valence-electron chi connectivity index (χ1n) is 48.0. The number of ether oxygens (including phenoxy) is 4. The average Bonchev–Trinajstić information content (AvgIpc) is 0.899. The molecule has 0 amide bonds. The zero-order chi connectivity index (χ0) is 82.0. The number of unbranched alkanes of at least 4 members (excludes halogenated alkanes) is 62. The molecular weight excluding hydrogens is 1450 g/mol. The molecule has 5 atom stereocenters. The molecule has 17 nitrogen and oxygen atoms in total. The van der Waals surface area contributed by atoms with Crippen LogP contribution in [0.5, 0.6) is 0 Å². The number of carbonyl (C=O) groups excluding carboxylic acids is 4. The van der Waals surface area contributed by atoms with Crippen LogP contribution in [0.2, 0.25) is 0 Å². The highest BCUT2D eigenvalue weighted by molar-refractivity contribution is 7.47. The molecule has 0 aromatic heterocycles. The summed E-state index contributed by atoms with van der Waals surface area (Å²) in [6, 6.07) is 0. The Labute approximate surface area is 689 Å². The van der Waals surface area contributed by atoms with Crippen LogP contribution in [0.4, 0.5) is 0 Å². The first-order valence-corrected chi connectivity index (χ1v) is 51.0. The van der Waals surface area contributed by atoms with E-state index in [1.54, 1.807) is 0 Å². The first kappa shape index (κ1) is 110. The van der Waals surface area contributed by atoms with Gasteiger partial charge in [-0.05, 0) is 37.5 Å². The molecule has 0 saturated heterocycles. The summed E-state index contributed by atoms with van der Waals surface area (Å²) in [6.07, 6.45) is 79.2. The molecule has 666 valence electrons. The molecule has 0 bridgehead atoms. The lowest BCUT2D eigenvalue weighted by Crippen LogP contribution is -2.30. The smallest absolute Gasteiger partial charge is 0.462 e. The molecule has 2 unspecified atom stereocenters. The van der Waals surface area contributed by atoms with E-state index in [1.807, 2.05) is 0 Å². The van der Waals surface area contributed by atoms with Crippen LogP contribution < -0.4 is 0 Å². The predicted molar refractivity (Wildman–Crippen MR) is 465 cm³/mol. The summed E-state index contributed by atoms with van der Waals surface area (Å²) in [7, 11) is -9.94. The third-order valence-corrected chi connectivity index (χ3v) is 23.9. The van der Waals surface area contributed by atoms with Crippen LogP contribution in [0.15, 0.2) is 0 Å². The molecule has 0 radical (unpaired) electrons. The molecule has 0 spiro atoms. The number of rotatable bonds is 92. The van der Waals surface area contributed by atoms with Crippen molar-refractivity contribution in [1.82, 2.24) is 0 Å². The largest absolute Gasteiger partial charge is 0.472 e. The van der Waals surface area contributed by atoms with Crippen LogP contribution in [-0.2, 0) is 65.4 Å². The minimum atomic E-state index is -4.97. The van der Waals surface area contributed by atoms with Crippen LogP contribution in [0.25, 0.3) is 0 Å². The number of carbonyl (C=O) groups is 4. The highest BCUT2D eigenvalue weighted by atomic mass is 31.2. The maximum absolute atomic E-state index is 13.2. The Morgan fingerprint density at radius 1 is 0.241 bits per heavy atom. The fourth-order valence-corrected chi connectivity index (χ4v) is 16.2. The second-order valence-electron chi connectivity index (χ2n) is 34.4. The summed E-state index contributed by atoms with van der Waals surface area (Å²) in [5.74, 6) is -0.469. The topological polar surface area (TPSA) is 237 Å². The standard InChI is InChI=1S/C93H182O17P2/c1-7-9-11-13-15-17-19-21-22-23-24-25-26-30-35-40-46-52-58-64-70-76-91(96)104-82-89(110-92(97)77-71-65-59-53-47-41-36-31-28-27-29-33-38-43-49-55-61-67-73-85(3)4)84-108-112(101,102)106-80-87(94)79-105-111(99,100)107-83-88(81-103-90(95)75-69-63-57-51-45-20-18-16-14-12-10-8-2)109-93(98)78-72-66-60-54-48-42-37-32-34-39-44-50-56-62-68-74-86(5)6/h85-89,94H,7-84H2,1-6H3,(H,99,100)(H,101,102)/t87-,88+,89+/m0/s1. The molecule has 0 saturated carbocycles. The van der Waals surface area contributed by atoms with E-state index in [-0.39, 0.29) is 25.7 Å². The van der Waals surface area contributed by atoms with E-state index in [4.69, 9.17) is 37.0 Å². The quantitative estimate of drug-likeness (QED) is 0.0222. The zero-order valence-electron chi connectivity index (χ0n) is 74.0. The van der Waals surface area contributed by atoms with Crippen molar-refractivity contribution >= 4 is 39.5 Å². The fraction of sp³-hybridized carbons (Fsp3) is 0.957. The minimum absolute atomic E-state index is 0.109. The van der Waals surface area contributed by atoms with Crippen molar-refractivity contribution < 1.29 is 80.2 Å². The maximum Gasteiger partial charge on any atom is 0.472 e. The summed E-state index contributed by atoms with van der Waals surface area (Å²) in [4.78, 5) is 73.5. The Kier molecular flexibility index (Phi) is 82.6. The van der Waals surface area contributed by atoms with E-state index < -0.39 is 97.5 Å². The first-order chi connectivity index (χ1) is 54.4.